The van der Waals surface area contributed by atoms with E-state index in [1.54, 1.807) is 51.2 Å². The number of halogens is 1. The Morgan fingerprint density at radius 3 is 2.52 bits per heavy atom. The molecule has 128 valence electrons. The van der Waals surface area contributed by atoms with E-state index in [1.807, 2.05) is 0 Å². The van der Waals surface area contributed by atoms with E-state index in [4.69, 9.17) is 4.74 Å². The summed E-state index contributed by atoms with van der Waals surface area (Å²) >= 11 is 0. The van der Waals surface area contributed by atoms with Crippen molar-refractivity contribution in [1.29, 1.82) is 0 Å². The summed E-state index contributed by atoms with van der Waals surface area (Å²) in [6, 6.07) is 9.56. The van der Waals surface area contributed by atoms with Crippen LogP contribution in [0, 0.1) is 5.82 Å². The molecule has 0 aliphatic carbocycles. The second kappa shape index (κ2) is 6.33. The third-order valence-corrected chi connectivity index (χ3v) is 3.67. The van der Waals surface area contributed by atoms with E-state index in [0.29, 0.717) is 16.6 Å². The smallest absolute Gasteiger partial charge is 0.419 e. The molecule has 0 saturated heterocycles. The van der Waals surface area contributed by atoms with Crippen molar-refractivity contribution >= 4 is 30.2 Å². The average molecular weight is 340 g/mol. The topological polar surface area (TPSA) is 64.3 Å². The van der Waals surface area contributed by atoms with Gasteiger partial charge in [0, 0.05) is 17.2 Å². The Morgan fingerprint density at radius 2 is 1.92 bits per heavy atom. The number of nitrogens with zero attached hydrogens (tertiary/aromatic N) is 2. The highest BCUT2D eigenvalue weighted by Gasteiger charge is 2.24. The first-order valence-electron chi connectivity index (χ1n) is 7.89. The SMILES string of the molecule is CC(C)(C)OC(=O)n1c(BO)cc2c(-c3ccc(F)cc3)ccnc21. The van der Waals surface area contributed by atoms with Gasteiger partial charge in [-0.1, -0.05) is 12.1 Å². The van der Waals surface area contributed by atoms with Crippen LogP contribution < -0.4 is 5.59 Å². The number of aromatic nitrogens is 2. The zero-order valence-electron chi connectivity index (χ0n) is 14.3. The van der Waals surface area contributed by atoms with Crippen molar-refractivity contribution < 1.29 is 18.9 Å². The molecule has 0 radical (unpaired) electrons. The van der Waals surface area contributed by atoms with E-state index in [1.165, 1.54) is 16.7 Å². The van der Waals surface area contributed by atoms with Crippen molar-refractivity contribution in [3.8, 4) is 11.1 Å². The van der Waals surface area contributed by atoms with Crippen LogP contribution in [0.25, 0.3) is 22.2 Å². The number of hydrogen-bond acceptors (Lipinski definition) is 4. The van der Waals surface area contributed by atoms with Crippen LogP contribution in [0.4, 0.5) is 9.18 Å². The molecule has 0 unspecified atom stereocenters. The quantitative estimate of drug-likeness (QED) is 0.729. The highest BCUT2D eigenvalue weighted by Crippen LogP contribution is 2.28. The predicted octanol–water partition coefficient (Wildman–Crippen LogP) is 2.59. The molecule has 5 nitrogen and oxygen atoms in total. The summed E-state index contributed by atoms with van der Waals surface area (Å²) in [4.78, 5) is 16.8. The van der Waals surface area contributed by atoms with Gasteiger partial charge in [-0.25, -0.2) is 18.7 Å². The van der Waals surface area contributed by atoms with Crippen LogP contribution in [0.5, 0.6) is 0 Å². The van der Waals surface area contributed by atoms with E-state index < -0.39 is 11.7 Å². The fourth-order valence-electron chi connectivity index (χ4n) is 2.66. The van der Waals surface area contributed by atoms with Crippen molar-refractivity contribution in [2.75, 3.05) is 0 Å². The van der Waals surface area contributed by atoms with E-state index in [2.05, 4.69) is 4.98 Å². The minimum absolute atomic E-state index is 0.323. The lowest BCUT2D eigenvalue weighted by molar-refractivity contribution is 0.0548. The highest BCUT2D eigenvalue weighted by molar-refractivity contribution is 6.46. The summed E-state index contributed by atoms with van der Waals surface area (Å²) in [5, 5.41) is 10.3. The molecule has 0 aliphatic heterocycles. The lowest BCUT2D eigenvalue weighted by Gasteiger charge is -2.20. The summed E-state index contributed by atoms with van der Waals surface area (Å²) in [6.07, 6.45) is 0.971. The molecule has 2 heterocycles. The maximum absolute atomic E-state index is 13.2. The monoisotopic (exact) mass is 340 g/mol. The van der Waals surface area contributed by atoms with Crippen LogP contribution in [-0.2, 0) is 4.74 Å². The predicted molar refractivity (Wildman–Crippen MR) is 95.8 cm³/mol. The molecular weight excluding hydrogens is 322 g/mol. The fourth-order valence-corrected chi connectivity index (χ4v) is 2.66. The number of ether oxygens (including phenoxy) is 1. The number of pyridine rings is 1. The molecule has 25 heavy (non-hydrogen) atoms. The first kappa shape index (κ1) is 17.2. The van der Waals surface area contributed by atoms with Crippen molar-refractivity contribution in [3.05, 3.63) is 48.4 Å². The van der Waals surface area contributed by atoms with Gasteiger partial charge in [-0.05, 0) is 56.2 Å². The fraction of sp³-hybridized carbons (Fsp3) is 0.222. The molecule has 0 aliphatic rings. The van der Waals surface area contributed by atoms with Crippen molar-refractivity contribution in [1.82, 2.24) is 9.55 Å². The lowest BCUT2D eigenvalue weighted by Crippen LogP contribution is -2.34. The second-order valence-corrected chi connectivity index (χ2v) is 6.71. The summed E-state index contributed by atoms with van der Waals surface area (Å²) in [5.41, 5.74) is 1.68. The Bertz CT molecular complexity index is 930. The molecular formula is C18H18BFN2O3. The lowest BCUT2D eigenvalue weighted by atomic mass is 9.95. The molecule has 1 aromatic carbocycles. The van der Waals surface area contributed by atoms with Crippen LogP contribution in [0.1, 0.15) is 20.8 Å². The van der Waals surface area contributed by atoms with Gasteiger partial charge in [-0.2, -0.15) is 0 Å². The highest BCUT2D eigenvalue weighted by atomic mass is 19.1. The van der Waals surface area contributed by atoms with Crippen LogP contribution in [-0.4, -0.2) is 33.8 Å². The minimum atomic E-state index is -0.672. The van der Waals surface area contributed by atoms with Crippen molar-refractivity contribution in [2.45, 2.75) is 26.4 Å². The Morgan fingerprint density at radius 1 is 1.24 bits per heavy atom. The summed E-state index contributed by atoms with van der Waals surface area (Å²) in [7, 11) is -0.335. The number of fused-ring (bicyclic) bond motifs is 1. The number of carbonyl (C=O) groups excluding carboxylic acids is 1. The third-order valence-electron chi connectivity index (χ3n) is 3.67. The maximum atomic E-state index is 13.2. The Kier molecular flexibility index (Phi) is 4.35. The Labute approximate surface area is 145 Å². The average Bonchev–Trinajstić information content (AvgIpc) is 2.92. The van der Waals surface area contributed by atoms with Crippen LogP contribution in [0.3, 0.4) is 0 Å². The van der Waals surface area contributed by atoms with Crippen LogP contribution in [0.2, 0.25) is 0 Å². The summed E-state index contributed by atoms with van der Waals surface area (Å²) in [6.45, 7) is 5.31. The van der Waals surface area contributed by atoms with Crippen LogP contribution >= 0.6 is 0 Å². The summed E-state index contributed by atoms with van der Waals surface area (Å²) < 4.78 is 19.9. The van der Waals surface area contributed by atoms with Gasteiger partial charge in [0.15, 0.2) is 0 Å². The Balaban J connectivity index is 2.18. The molecule has 3 rings (SSSR count). The Hall–Kier alpha value is -2.67. The molecule has 0 spiro atoms. The first-order valence-corrected chi connectivity index (χ1v) is 7.89. The summed E-state index contributed by atoms with van der Waals surface area (Å²) in [5.74, 6) is -0.323. The van der Waals surface area contributed by atoms with Gasteiger partial charge in [0.1, 0.15) is 17.1 Å². The standard InChI is InChI=1S/C18H18BFN2O3/c1-18(2,3)25-17(23)22-15(19-24)10-14-13(8-9-21-16(14)22)11-4-6-12(20)7-5-11/h4-10,19,24H,1-3H3. The number of benzene rings is 1. The third kappa shape index (κ3) is 3.41. The number of carbonyl (C=O) groups is 1. The van der Waals surface area contributed by atoms with Gasteiger partial charge < -0.3 is 9.76 Å². The van der Waals surface area contributed by atoms with Crippen molar-refractivity contribution in [2.24, 2.45) is 0 Å². The number of rotatable bonds is 2. The van der Waals surface area contributed by atoms with Gasteiger partial charge in [-0.3, -0.25) is 0 Å². The molecule has 7 heteroatoms. The minimum Gasteiger partial charge on any atom is -0.448 e. The molecule has 0 bridgehead atoms. The molecule has 2 aromatic heterocycles. The molecule has 3 aromatic rings. The van der Waals surface area contributed by atoms with E-state index >= 15 is 0 Å². The second-order valence-electron chi connectivity index (χ2n) is 6.71. The van der Waals surface area contributed by atoms with E-state index in [-0.39, 0.29) is 13.3 Å². The normalized spacial score (nSPS) is 11.6. The zero-order chi connectivity index (χ0) is 18.2. The van der Waals surface area contributed by atoms with Crippen LogP contribution in [0.15, 0.2) is 42.6 Å². The largest absolute Gasteiger partial charge is 0.448 e. The zero-order valence-corrected chi connectivity index (χ0v) is 14.3. The van der Waals surface area contributed by atoms with Gasteiger partial charge in [-0.15, -0.1) is 0 Å². The van der Waals surface area contributed by atoms with Gasteiger partial charge in [0.2, 0.25) is 0 Å². The van der Waals surface area contributed by atoms with E-state index in [0.717, 1.165) is 11.1 Å². The first-order chi connectivity index (χ1) is 11.8. The molecule has 0 atom stereocenters. The van der Waals surface area contributed by atoms with E-state index in [9.17, 15) is 14.2 Å². The molecule has 0 fully saturated rings. The van der Waals surface area contributed by atoms with Gasteiger partial charge >= 0.3 is 13.6 Å². The van der Waals surface area contributed by atoms with Gasteiger partial charge in [0.25, 0.3) is 0 Å². The van der Waals surface area contributed by atoms with Gasteiger partial charge in [0.05, 0.1) is 0 Å². The maximum Gasteiger partial charge on any atom is 0.419 e. The molecule has 1 N–H and O–H groups in total. The number of hydrogen-bond donors (Lipinski definition) is 1. The molecule has 0 saturated carbocycles. The van der Waals surface area contributed by atoms with Crippen molar-refractivity contribution in [3.63, 3.8) is 0 Å². The molecule has 0 amide bonds.